The molecule has 10 aromatic rings. The highest BCUT2D eigenvalue weighted by atomic mass is 15.0. The van der Waals surface area contributed by atoms with Gasteiger partial charge < -0.3 is 4.57 Å². The average Bonchev–Trinajstić information content (AvgIpc) is 3.73. The molecular formula is C45H29N3. The number of fused-ring (bicyclic) bond motifs is 10. The Morgan fingerprint density at radius 3 is 1.69 bits per heavy atom. The highest BCUT2D eigenvalue weighted by Gasteiger charge is 2.24. The zero-order chi connectivity index (χ0) is 31.6. The van der Waals surface area contributed by atoms with Crippen LogP contribution >= 0.6 is 0 Å². The maximum absolute atomic E-state index is 5.49. The van der Waals surface area contributed by atoms with Crippen LogP contribution in [0.25, 0.3) is 88.5 Å². The largest absolute Gasteiger partial charge is 0.309 e. The molecule has 10 rings (SSSR count). The van der Waals surface area contributed by atoms with Gasteiger partial charge in [0.2, 0.25) is 0 Å². The Labute approximate surface area is 277 Å². The van der Waals surface area contributed by atoms with E-state index in [1.54, 1.807) is 0 Å². The first kappa shape index (κ1) is 26.7. The molecule has 0 aliphatic rings. The molecule has 0 radical (unpaired) electrons. The van der Waals surface area contributed by atoms with E-state index in [0.717, 1.165) is 39.4 Å². The first-order valence-electron chi connectivity index (χ1n) is 16.4. The predicted molar refractivity (Wildman–Crippen MR) is 201 cm³/mol. The van der Waals surface area contributed by atoms with Gasteiger partial charge in [-0.2, -0.15) is 0 Å². The van der Waals surface area contributed by atoms with E-state index < -0.39 is 0 Å². The second kappa shape index (κ2) is 10.5. The number of imidazole rings is 1. The van der Waals surface area contributed by atoms with Crippen LogP contribution in [0.4, 0.5) is 0 Å². The van der Waals surface area contributed by atoms with Crippen molar-refractivity contribution in [1.82, 2.24) is 14.0 Å². The molecule has 3 nitrogen and oxygen atoms in total. The smallest absolute Gasteiger partial charge is 0.145 e. The molecule has 3 aromatic heterocycles. The van der Waals surface area contributed by atoms with E-state index >= 15 is 0 Å². The van der Waals surface area contributed by atoms with E-state index in [9.17, 15) is 0 Å². The van der Waals surface area contributed by atoms with Gasteiger partial charge in [0.1, 0.15) is 5.82 Å². The van der Waals surface area contributed by atoms with Crippen LogP contribution in [0.15, 0.2) is 176 Å². The van der Waals surface area contributed by atoms with Crippen LogP contribution in [0.3, 0.4) is 0 Å². The summed E-state index contributed by atoms with van der Waals surface area (Å²) in [6.45, 7) is 0. The lowest BCUT2D eigenvalue weighted by atomic mass is 9.95. The molecule has 7 aromatic carbocycles. The number of hydrogen-bond acceptors (Lipinski definition) is 1. The zero-order valence-corrected chi connectivity index (χ0v) is 26.1. The summed E-state index contributed by atoms with van der Waals surface area (Å²) >= 11 is 0. The van der Waals surface area contributed by atoms with Gasteiger partial charge in [0.25, 0.3) is 0 Å². The SMILES string of the molecule is c1ccc(-c2ccc3c4c(ccc5c4c4ccccc4n5-c4ccccc4)c4c(-c5ccccc5)nc(-c5ccccc5)n4c3c2)cc1. The van der Waals surface area contributed by atoms with E-state index in [2.05, 4.69) is 185 Å². The lowest BCUT2D eigenvalue weighted by Crippen LogP contribution is -1.96. The molecule has 0 saturated carbocycles. The third-order valence-electron chi connectivity index (χ3n) is 9.68. The summed E-state index contributed by atoms with van der Waals surface area (Å²) in [5.41, 5.74) is 11.3. The fraction of sp³-hybridized carbons (Fsp3) is 0. The van der Waals surface area contributed by atoms with E-state index in [1.807, 2.05) is 0 Å². The van der Waals surface area contributed by atoms with E-state index in [4.69, 9.17) is 4.98 Å². The Morgan fingerprint density at radius 1 is 0.375 bits per heavy atom. The quantitative estimate of drug-likeness (QED) is 0.182. The minimum absolute atomic E-state index is 0.938. The Hall–Kier alpha value is -6.45. The zero-order valence-electron chi connectivity index (χ0n) is 26.1. The monoisotopic (exact) mass is 611 g/mol. The van der Waals surface area contributed by atoms with Gasteiger partial charge >= 0.3 is 0 Å². The number of benzene rings is 7. The fourth-order valence-corrected chi connectivity index (χ4v) is 7.61. The lowest BCUT2D eigenvalue weighted by molar-refractivity contribution is 1.18. The molecule has 0 fully saturated rings. The van der Waals surface area contributed by atoms with Crippen molar-refractivity contribution >= 4 is 49.0 Å². The molecule has 0 aliphatic heterocycles. The molecule has 224 valence electrons. The molecule has 0 N–H and O–H groups in total. The second-order valence-corrected chi connectivity index (χ2v) is 12.4. The summed E-state index contributed by atoms with van der Waals surface area (Å²) in [6, 6.07) is 63.0. The first-order valence-corrected chi connectivity index (χ1v) is 16.4. The van der Waals surface area contributed by atoms with Crippen molar-refractivity contribution < 1.29 is 0 Å². The summed E-state index contributed by atoms with van der Waals surface area (Å²) in [6.07, 6.45) is 0. The van der Waals surface area contributed by atoms with Gasteiger partial charge in [-0.05, 0) is 41.5 Å². The topological polar surface area (TPSA) is 22.2 Å². The Morgan fingerprint density at radius 2 is 0.958 bits per heavy atom. The van der Waals surface area contributed by atoms with Gasteiger partial charge in [-0.1, -0.05) is 146 Å². The number of aromatic nitrogens is 3. The molecule has 48 heavy (non-hydrogen) atoms. The van der Waals surface area contributed by atoms with Crippen LogP contribution in [-0.4, -0.2) is 14.0 Å². The van der Waals surface area contributed by atoms with Crippen molar-refractivity contribution in [3.63, 3.8) is 0 Å². The number of hydrogen-bond donors (Lipinski definition) is 0. The van der Waals surface area contributed by atoms with Gasteiger partial charge in [-0.25, -0.2) is 4.98 Å². The minimum Gasteiger partial charge on any atom is -0.309 e. The average molecular weight is 612 g/mol. The molecule has 3 heteroatoms. The van der Waals surface area contributed by atoms with Gasteiger partial charge in [0, 0.05) is 43.7 Å². The minimum atomic E-state index is 0.938. The van der Waals surface area contributed by atoms with Crippen molar-refractivity contribution in [1.29, 1.82) is 0 Å². The highest BCUT2D eigenvalue weighted by molar-refractivity contribution is 6.31. The Bertz CT molecular complexity index is 2800. The second-order valence-electron chi connectivity index (χ2n) is 12.4. The molecule has 0 unspecified atom stereocenters. The number of pyridine rings is 1. The summed E-state index contributed by atoms with van der Waals surface area (Å²) in [4.78, 5) is 5.49. The van der Waals surface area contributed by atoms with E-state index in [0.29, 0.717) is 0 Å². The summed E-state index contributed by atoms with van der Waals surface area (Å²) in [5.74, 6) is 0.938. The van der Waals surface area contributed by atoms with Gasteiger partial charge in [-0.3, -0.25) is 4.40 Å². The van der Waals surface area contributed by atoms with Crippen LogP contribution in [0, 0.1) is 0 Å². The first-order chi connectivity index (χ1) is 23.8. The molecule has 0 bridgehead atoms. The Kier molecular flexibility index (Phi) is 5.87. The fourth-order valence-electron chi connectivity index (χ4n) is 7.61. The standard InChI is InChI=1S/C45H29N3/c1-5-15-30(16-6-1)33-25-26-36-40(29-33)48-44(43(31-17-7-2-8-18-31)46-45(48)32-19-9-3-10-20-32)37-27-28-39-42(41(36)37)35-23-13-14-24-38(35)47(39)34-21-11-4-12-22-34/h1-29H. The van der Waals surface area contributed by atoms with Gasteiger partial charge in [0.15, 0.2) is 0 Å². The molecular weight excluding hydrogens is 583 g/mol. The molecule has 0 saturated heterocycles. The van der Waals surface area contributed by atoms with Crippen LogP contribution < -0.4 is 0 Å². The Balaban J connectivity index is 1.47. The molecule has 0 amide bonds. The van der Waals surface area contributed by atoms with Crippen molar-refractivity contribution in [2.24, 2.45) is 0 Å². The summed E-state index contributed by atoms with van der Waals surface area (Å²) in [5, 5.41) is 6.13. The molecule has 0 atom stereocenters. The third-order valence-corrected chi connectivity index (χ3v) is 9.68. The summed E-state index contributed by atoms with van der Waals surface area (Å²) < 4.78 is 4.81. The van der Waals surface area contributed by atoms with Crippen LogP contribution in [0.5, 0.6) is 0 Å². The van der Waals surface area contributed by atoms with Crippen molar-refractivity contribution in [2.75, 3.05) is 0 Å². The molecule has 0 aliphatic carbocycles. The van der Waals surface area contributed by atoms with Gasteiger partial charge in [0.05, 0.1) is 27.8 Å². The predicted octanol–water partition coefficient (Wildman–Crippen LogP) is 11.7. The van der Waals surface area contributed by atoms with Crippen molar-refractivity contribution in [2.45, 2.75) is 0 Å². The van der Waals surface area contributed by atoms with Crippen LogP contribution in [0.1, 0.15) is 0 Å². The summed E-state index contributed by atoms with van der Waals surface area (Å²) in [7, 11) is 0. The van der Waals surface area contributed by atoms with Crippen LogP contribution in [-0.2, 0) is 0 Å². The van der Waals surface area contributed by atoms with Gasteiger partial charge in [-0.15, -0.1) is 0 Å². The number of para-hydroxylation sites is 2. The number of nitrogens with zero attached hydrogens (tertiary/aromatic N) is 3. The van der Waals surface area contributed by atoms with Crippen molar-refractivity contribution in [3.05, 3.63) is 176 Å². The molecule has 3 heterocycles. The normalized spacial score (nSPS) is 11.8. The third kappa shape index (κ3) is 3.91. The van der Waals surface area contributed by atoms with Crippen LogP contribution in [0.2, 0.25) is 0 Å². The highest BCUT2D eigenvalue weighted by Crippen LogP contribution is 2.45. The van der Waals surface area contributed by atoms with E-state index in [-0.39, 0.29) is 0 Å². The maximum atomic E-state index is 5.49. The lowest BCUT2D eigenvalue weighted by Gasteiger charge is -2.15. The number of rotatable bonds is 4. The molecule has 0 spiro atoms. The van der Waals surface area contributed by atoms with E-state index in [1.165, 1.54) is 49.1 Å². The maximum Gasteiger partial charge on any atom is 0.145 e. The van der Waals surface area contributed by atoms with Crippen molar-refractivity contribution in [3.8, 4) is 39.5 Å².